The average molecular weight is 234 g/mol. The number of ether oxygens (including phenoxy) is 2. The normalized spacial score (nSPS) is 25.2. The second-order valence-corrected chi connectivity index (χ2v) is 5.51. The molecule has 1 atom stereocenters. The predicted molar refractivity (Wildman–Crippen MR) is 64.1 cm³/mol. The van der Waals surface area contributed by atoms with Gasteiger partial charge in [-0.05, 0) is 36.1 Å². The van der Waals surface area contributed by atoms with Crippen molar-refractivity contribution in [2.75, 3.05) is 19.8 Å². The molecule has 1 saturated heterocycles. The minimum absolute atomic E-state index is 0.164. The van der Waals surface area contributed by atoms with Gasteiger partial charge in [-0.2, -0.15) is 0 Å². The molecule has 3 nitrogen and oxygen atoms in total. The quantitative estimate of drug-likeness (QED) is 0.870. The zero-order valence-corrected chi connectivity index (χ0v) is 10.1. The van der Waals surface area contributed by atoms with Crippen LogP contribution in [0.1, 0.15) is 30.6 Å². The molecule has 92 valence electrons. The third kappa shape index (κ3) is 2.05. The van der Waals surface area contributed by atoms with Crippen molar-refractivity contribution in [3.63, 3.8) is 0 Å². The highest BCUT2D eigenvalue weighted by atomic mass is 16.5. The Morgan fingerprint density at radius 1 is 1.47 bits per heavy atom. The van der Waals surface area contributed by atoms with Crippen LogP contribution in [0.3, 0.4) is 0 Å². The van der Waals surface area contributed by atoms with Gasteiger partial charge in [0.1, 0.15) is 5.75 Å². The van der Waals surface area contributed by atoms with Gasteiger partial charge in [-0.1, -0.05) is 13.0 Å². The highest BCUT2D eigenvalue weighted by Crippen LogP contribution is 2.34. The Balaban J connectivity index is 1.69. The fourth-order valence-corrected chi connectivity index (χ4v) is 2.44. The molecule has 17 heavy (non-hydrogen) atoms. The Kier molecular flexibility index (Phi) is 2.60. The number of aryl methyl sites for hydroxylation is 1. The summed E-state index contributed by atoms with van der Waals surface area (Å²) in [7, 11) is 0. The van der Waals surface area contributed by atoms with Crippen LogP contribution in [0.2, 0.25) is 0 Å². The lowest BCUT2D eigenvalue weighted by Gasteiger charge is -2.37. The largest absolute Gasteiger partial charge is 0.493 e. The van der Waals surface area contributed by atoms with Gasteiger partial charge < -0.3 is 14.6 Å². The Morgan fingerprint density at radius 2 is 2.29 bits per heavy atom. The van der Waals surface area contributed by atoms with Crippen LogP contribution in [0.5, 0.6) is 5.75 Å². The third-order valence-electron chi connectivity index (χ3n) is 3.65. The number of benzene rings is 1. The van der Waals surface area contributed by atoms with E-state index in [-0.39, 0.29) is 11.5 Å². The van der Waals surface area contributed by atoms with Crippen LogP contribution < -0.4 is 4.74 Å². The van der Waals surface area contributed by atoms with E-state index in [0.29, 0.717) is 6.61 Å². The minimum atomic E-state index is -0.309. The lowest BCUT2D eigenvalue weighted by Crippen LogP contribution is -2.44. The zero-order valence-electron chi connectivity index (χ0n) is 10.1. The SMILES string of the molecule is CC1(COc2ccc3c(c2)C(O)CC3)COC1. The third-order valence-corrected chi connectivity index (χ3v) is 3.65. The molecule has 1 fully saturated rings. The lowest BCUT2D eigenvalue weighted by atomic mass is 9.90. The first-order valence-corrected chi connectivity index (χ1v) is 6.18. The van der Waals surface area contributed by atoms with Gasteiger partial charge in [-0.25, -0.2) is 0 Å². The van der Waals surface area contributed by atoms with Crippen molar-refractivity contribution in [1.82, 2.24) is 0 Å². The lowest BCUT2D eigenvalue weighted by molar-refractivity contribution is -0.120. The fraction of sp³-hybridized carbons (Fsp3) is 0.571. The second-order valence-electron chi connectivity index (χ2n) is 5.51. The van der Waals surface area contributed by atoms with Crippen molar-refractivity contribution in [3.8, 4) is 5.75 Å². The molecule has 1 aromatic rings. The summed E-state index contributed by atoms with van der Waals surface area (Å²) in [5.41, 5.74) is 2.46. The van der Waals surface area contributed by atoms with Crippen LogP contribution in [-0.4, -0.2) is 24.9 Å². The van der Waals surface area contributed by atoms with Gasteiger partial charge in [0.15, 0.2) is 0 Å². The molecule has 1 N–H and O–H groups in total. The van der Waals surface area contributed by atoms with Crippen LogP contribution >= 0.6 is 0 Å². The van der Waals surface area contributed by atoms with Gasteiger partial charge in [-0.3, -0.25) is 0 Å². The predicted octanol–water partition coefficient (Wildman–Crippen LogP) is 2.08. The van der Waals surface area contributed by atoms with E-state index in [1.807, 2.05) is 12.1 Å². The smallest absolute Gasteiger partial charge is 0.119 e. The second kappa shape index (κ2) is 4.00. The first kappa shape index (κ1) is 11.1. The summed E-state index contributed by atoms with van der Waals surface area (Å²) in [5.74, 6) is 0.859. The van der Waals surface area contributed by atoms with Crippen LogP contribution in [0.4, 0.5) is 0 Å². The first-order valence-electron chi connectivity index (χ1n) is 6.18. The molecule has 1 aromatic carbocycles. The molecular formula is C14H18O3. The Bertz CT molecular complexity index is 423. The van der Waals surface area contributed by atoms with Crippen LogP contribution in [0.15, 0.2) is 18.2 Å². The Hall–Kier alpha value is -1.06. The molecule has 0 bridgehead atoms. The van der Waals surface area contributed by atoms with Gasteiger partial charge in [-0.15, -0.1) is 0 Å². The van der Waals surface area contributed by atoms with E-state index < -0.39 is 0 Å². The highest BCUT2D eigenvalue weighted by Gasteiger charge is 2.34. The van der Waals surface area contributed by atoms with Gasteiger partial charge in [0.25, 0.3) is 0 Å². The number of rotatable bonds is 3. The molecule has 2 aliphatic rings. The zero-order chi connectivity index (χ0) is 11.9. The van der Waals surface area contributed by atoms with E-state index in [4.69, 9.17) is 9.47 Å². The monoisotopic (exact) mass is 234 g/mol. The van der Waals surface area contributed by atoms with Gasteiger partial charge in [0, 0.05) is 5.41 Å². The van der Waals surface area contributed by atoms with Gasteiger partial charge in [0.2, 0.25) is 0 Å². The topological polar surface area (TPSA) is 38.7 Å². The van der Waals surface area contributed by atoms with E-state index in [1.54, 1.807) is 0 Å². The number of hydrogen-bond donors (Lipinski definition) is 1. The summed E-state index contributed by atoms with van der Waals surface area (Å²) in [5, 5.41) is 9.82. The molecule has 0 spiro atoms. The molecule has 0 aromatic heterocycles. The maximum atomic E-state index is 9.82. The molecule has 1 aliphatic carbocycles. The van der Waals surface area contributed by atoms with Crippen molar-refractivity contribution in [2.24, 2.45) is 5.41 Å². The fourth-order valence-electron chi connectivity index (χ4n) is 2.44. The van der Waals surface area contributed by atoms with Crippen molar-refractivity contribution in [2.45, 2.75) is 25.9 Å². The summed E-state index contributed by atoms with van der Waals surface area (Å²) in [6.07, 6.45) is 1.50. The highest BCUT2D eigenvalue weighted by molar-refractivity contribution is 5.39. The van der Waals surface area contributed by atoms with Gasteiger partial charge in [0.05, 0.1) is 25.9 Å². The number of aliphatic hydroxyl groups excluding tert-OH is 1. The van der Waals surface area contributed by atoms with E-state index in [2.05, 4.69) is 13.0 Å². The summed E-state index contributed by atoms with van der Waals surface area (Å²) in [6.45, 7) is 4.40. The Labute approximate surface area is 101 Å². The molecule has 3 rings (SSSR count). The standard InChI is InChI=1S/C14H18O3/c1-14(7-16-8-14)9-17-11-4-2-10-3-5-13(15)12(10)6-11/h2,4,6,13,15H,3,5,7-9H2,1H3. The van der Waals surface area contributed by atoms with E-state index in [9.17, 15) is 5.11 Å². The average Bonchev–Trinajstić information content (AvgIpc) is 2.66. The number of fused-ring (bicyclic) bond motifs is 1. The number of hydrogen-bond acceptors (Lipinski definition) is 3. The summed E-state index contributed by atoms with van der Waals surface area (Å²) >= 11 is 0. The molecule has 0 saturated carbocycles. The van der Waals surface area contributed by atoms with Crippen molar-refractivity contribution >= 4 is 0 Å². The molecule has 0 amide bonds. The van der Waals surface area contributed by atoms with Crippen LogP contribution in [0.25, 0.3) is 0 Å². The van der Waals surface area contributed by atoms with Crippen molar-refractivity contribution in [3.05, 3.63) is 29.3 Å². The summed E-state index contributed by atoms with van der Waals surface area (Å²) in [6, 6.07) is 6.05. The van der Waals surface area contributed by atoms with Crippen molar-refractivity contribution < 1.29 is 14.6 Å². The molecule has 1 unspecified atom stereocenters. The van der Waals surface area contributed by atoms with E-state index >= 15 is 0 Å². The molecule has 0 radical (unpaired) electrons. The maximum absolute atomic E-state index is 9.82. The molecular weight excluding hydrogens is 216 g/mol. The van der Waals surface area contributed by atoms with E-state index in [0.717, 1.165) is 37.4 Å². The first-order chi connectivity index (χ1) is 8.16. The maximum Gasteiger partial charge on any atom is 0.119 e. The minimum Gasteiger partial charge on any atom is -0.493 e. The Morgan fingerprint density at radius 3 is 3.00 bits per heavy atom. The number of aliphatic hydroxyl groups is 1. The molecule has 1 heterocycles. The van der Waals surface area contributed by atoms with Crippen molar-refractivity contribution in [1.29, 1.82) is 0 Å². The molecule has 1 aliphatic heterocycles. The molecule has 3 heteroatoms. The van der Waals surface area contributed by atoms with Crippen LogP contribution in [-0.2, 0) is 11.2 Å². The van der Waals surface area contributed by atoms with Gasteiger partial charge >= 0.3 is 0 Å². The summed E-state index contributed by atoms with van der Waals surface area (Å²) in [4.78, 5) is 0. The van der Waals surface area contributed by atoms with Crippen LogP contribution in [0, 0.1) is 5.41 Å². The van der Waals surface area contributed by atoms with E-state index in [1.165, 1.54) is 5.56 Å². The summed E-state index contributed by atoms with van der Waals surface area (Å²) < 4.78 is 11.0.